The van der Waals surface area contributed by atoms with Crippen molar-refractivity contribution in [3.63, 3.8) is 0 Å². The summed E-state index contributed by atoms with van der Waals surface area (Å²) in [5.41, 5.74) is 5.31. The van der Waals surface area contributed by atoms with Crippen LogP contribution in [0.3, 0.4) is 0 Å². The topological polar surface area (TPSA) is 94.1 Å². The van der Waals surface area contributed by atoms with Gasteiger partial charge >= 0.3 is 0 Å². The van der Waals surface area contributed by atoms with Crippen molar-refractivity contribution < 1.29 is 9.15 Å². The first-order chi connectivity index (χ1) is 15.7. The van der Waals surface area contributed by atoms with Gasteiger partial charge in [0.15, 0.2) is 12.0 Å². The number of oxazole rings is 1. The van der Waals surface area contributed by atoms with Crippen LogP contribution in [0.25, 0.3) is 33.3 Å². The van der Waals surface area contributed by atoms with E-state index in [1.54, 1.807) is 0 Å². The number of nitrogens with one attached hydrogen (secondary N) is 1. The quantitative estimate of drug-likeness (QED) is 0.463. The zero-order valence-corrected chi connectivity index (χ0v) is 17.5. The highest BCUT2D eigenvalue weighted by atomic mass is 16.5. The van der Waals surface area contributed by atoms with E-state index in [2.05, 4.69) is 38.5 Å². The predicted molar refractivity (Wildman–Crippen MR) is 122 cm³/mol. The Morgan fingerprint density at radius 2 is 1.91 bits per heavy atom. The number of hydrogen-bond acceptors (Lipinski definition) is 8. The Morgan fingerprint density at radius 3 is 2.81 bits per heavy atom. The second-order valence-electron chi connectivity index (χ2n) is 7.74. The van der Waals surface area contributed by atoms with E-state index in [-0.39, 0.29) is 0 Å². The van der Waals surface area contributed by atoms with Crippen molar-refractivity contribution in [2.24, 2.45) is 7.05 Å². The Morgan fingerprint density at radius 1 is 1.00 bits per heavy atom. The highest BCUT2D eigenvalue weighted by Crippen LogP contribution is 2.28. The van der Waals surface area contributed by atoms with Crippen LogP contribution >= 0.6 is 0 Å². The van der Waals surface area contributed by atoms with Gasteiger partial charge in [-0.2, -0.15) is 10.1 Å². The summed E-state index contributed by atoms with van der Waals surface area (Å²) in [5, 5.41) is 8.85. The molecule has 32 heavy (non-hydrogen) atoms. The van der Waals surface area contributed by atoms with E-state index < -0.39 is 0 Å². The van der Waals surface area contributed by atoms with Gasteiger partial charge in [0.05, 0.1) is 30.6 Å². The second-order valence-corrected chi connectivity index (χ2v) is 7.74. The Labute approximate surface area is 183 Å². The van der Waals surface area contributed by atoms with Crippen LogP contribution in [0, 0.1) is 0 Å². The first kappa shape index (κ1) is 18.8. The fraction of sp³-hybridized carbons (Fsp3) is 0.217. The lowest BCUT2D eigenvalue weighted by atomic mass is 10.1. The predicted octanol–water partition coefficient (Wildman–Crippen LogP) is 3.75. The third kappa shape index (κ3) is 3.42. The van der Waals surface area contributed by atoms with Crippen molar-refractivity contribution in [1.82, 2.24) is 24.7 Å². The van der Waals surface area contributed by atoms with Crippen molar-refractivity contribution in [2.75, 3.05) is 36.5 Å². The number of anilines is 3. The maximum absolute atomic E-state index is 5.51. The fourth-order valence-electron chi connectivity index (χ4n) is 3.94. The molecular weight excluding hydrogens is 406 g/mol. The molecule has 9 nitrogen and oxygen atoms in total. The van der Waals surface area contributed by atoms with Crippen molar-refractivity contribution in [1.29, 1.82) is 0 Å². The van der Waals surface area contributed by atoms with Crippen LogP contribution in [0.15, 0.2) is 59.5 Å². The van der Waals surface area contributed by atoms with Gasteiger partial charge in [-0.15, -0.1) is 0 Å². The molecule has 0 aliphatic carbocycles. The molecule has 0 amide bonds. The van der Waals surface area contributed by atoms with Crippen LogP contribution in [-0.2, 0) is 11.8 Å². The van der Waals surface area contributed by atoms with Crippen molar-refractivity contribution in [3.8, 4) is 11.3 Å². The lowest BCUT2D eigenvalue weighted by Crippen LogP contribution is -2.37. The number of aromatic nitrogens is 5. The van der Waals surface area contributed by atoms with Gasteiger partial charge in [0.25, 0.3) is 0 Å². The van der Waals surface area contributed by atoms with E-state index in [1.165, 1.54) is 6.39 Å². The highest BCUT2D eigenvalue weighted by molar-refractivity contribution is 5.84. The third-order valence-electron chi connectivity index (χ3n) is 5.66. The van der Waals surface area contributed by atoms with Crippen LogP contribution in [0.2, 0.25) is 0 Å². The normalized spacial score (nSPS) is 14.3. The molecule has 1 N–H and O–H groups in total. The van der Waals surface area contributed by atoms with Gasteiger partial charge in [0.2, 0.25) is 5.95 Å². The molecule has 0 saturated carbocycles. The monoisotopic (exact) mass is 427 g/mol. The molecule has 3 aromatic heterocycles. The smallest absolute Gasteiger partial charge is 0.228 e. The molecule has 160 valence electrons. The molecule has 2 aromatic carbocycles. The van der Waals surface area contributed by atoms with Gasteiger partial charge in [-0.3, -0.25) is 4.68 Å². The largest absolute Gasteiger partial charge is 0.443 e. The van der Waals surface area contributed by atoms with Gasteiger partial charge in [-0.1, -0.05) is 12.1 Å². The number of ether oxygens (including phenoxy) is 1. The number of benzene rings is 2. The maximum atomic E-state index is 5.51. The van der Waals surface area contributed by atoms with Crippen molar-refractivity contribution in [2.45, 2.75) is 0 Å². The minimum Gasteiger partial charge on any atom is -0.443 e. The zero-order valence-electron chi connectivity index (χ0n) is 17.5. The Balaban J connectivity index is 1.43. The van der Waals surface area contributed by atoms with E-state index in [4.69, 9.17) is 19.1 Å². The maximum Gasteiger partial charge on any atom is 0.228 e. The van der Waals surface area contributed by atoms with Gasteiger partial charge < -0.3 is 19.4 Å². The molecule has 9 heteroatoms. The molecule has 0 spiro atoms. The molecule has 0 bridgehead atoms. The van der Waals surface area contributed by atoms with Crippen molar-refractivity contribution in [3.05, 3.63) is 55.1 Å². The first-order valence-corrected chi connectivity index (χ1v) is 10.5. The van der Waals surface area contributed by atoms with Crippen LogP contribution in [0.5, 0.6) is 0 Å². The Hall–Kier alpha value is -3.98. The summed E-state index contributed by atoms with van der Waals surface area (Å²) in [7, 11) is 1.94. The lowest BCUT2D eigenvalue weighted by molar-refractivity contribution is 0.122. The summed E-state index contributed by atoms with van der Waals surface area (Å²) in [6.45, 7) is 2.85. The molecule has 0 unspecified atom stereocenters. The van der Waals surface area contributed by atoms with E-state index >= 15 is 0 Å². The summed E-state index contributed by atoms with van der Waals surface area (Å²) >= 11 is 0. The van der Waals surface area contributed by atoms with Gasteiger partial charge in [-0.05, 0) is 18.2 Å². The SMILES string of the molecule is Cn1ncc2ccc(-c3cc(Nc4ccc5ncoc5c4)nc(N4CCOCC4)n3)cc21. The molecule has 1 fully saturated rings. The summed E-state index contributed by atoms with van der Waals surface area (Å²) in [6.07, 6.45) is 3.31. The zero-order chi connectivity index (χ0) is 21.5. The van der Waals surface area contributed by atoms with Crippen molar-refractivity contribution >= 4 is 39.5 Å². The van der Waals surface area contributed by atoms with E-state index in [9.17, 15) is 0 Å². The van der Waals surface area contributed by atoms with E-state index in [0.717, 1.165) is 52.0 Å². The summed E-state index contributed by atoms with van der Waals surface area (Å²) in [5.74, 6) is 1.39. The van der Waals surface area contributed by atoms with Crippen LogP contribution in [-0.4, -0.2) is 51.0 Å². The third-order valence-corrected chi connectivity index (χ3v) is 5.66. The minimum atomic E-state index is 0.666. The average molecular weight is 427 g/mol. The number of nitrogens with zero attached hydrogens (tertiary/aromatic N) is 6. The van der Waals surface area contributed by atoms with Gasteiger partial charge in [0, 0.05) is 48.9 Å². The fourth-order valence-corrected chi connectivity index (χ4v) is 3.94. The molecule has 1 aliphatic rings. The molecule has 0 atom stereocenters. The van der Waals surface area contributed by atoms with Crippen LogP contribution in [0.4, 0.5) is 17.5 Å². The molecule has 6 rings (SSSR count). The van der Waals surface area contributed by atoms with E-state index in [0.29, 0.717) is 25.0 Å². The summed E-state index contributed by atoms with van der Waals surface area (Å²) in [6, 6.07) is 14.0. The second kappa shape index (κ2) is 7.61. The van der Waals surface area contributed by atoms with Crippen LogP contribution < -0.4 is 10.2 Å². The number of hydrogen-bond donors (Lipinski definition) is 1. The molecule has 1 aliphatic heterocycles. The first-order valence-electron chi connectivity index (χ1n) is 10.5. The molecule has 4 heterocycles. The average Bonchev–Trinajstić information content (AvgIpc) is 3.45. The molecule has 0 radical (unpaired) electrons. The number of fused-ring (bicyclic) bond motifs is 2. The van der Waals surface area contributed by atoms with Gasteiger partial charge in [0.1, 0.15) is 11.3 Å². The molecular formula is C23H21N7O2. The standard InChI is InChI=1S/C23H21N7O2/c1-29-20-10-15(2-3-16(20)13-25-29)19-12-22(28-23(27-19)30-6-8-31-9-7-30)26-17-4-5-18-21(11-17)32-14-24-18/h2-5,10-14H,6-9H2,1H3,(H,26,27,28). The summed E-state index contributed by atoms with van der Waals surface area (Å²) in [4.78, 5) is 16.0. The van der Waals surface area contributed by atoms with Gasteiger partial charge in [-0.25, -0.2) is 9.97 Å². The van der Waals surface area contributed by atoms with E-state index in [1.807, 2.05) is 42.2 Å². The summed E-state index contributed by atoms with van der Waals surface area (Å²) < 4.78 is 12.8. The number of morpholine rings is 1. The molecule has 1 saturated heterocycles. The Bertz CT molecular complexity index is 1420. The van der Waals surface area contributed by atoms with Crippen LogP contribution in [0.1, 0.15) is 0 Å². The molecule has 5 aromatic rings. The number of aryl methyl sites for hydroxylation is 1. The Kier molecular flexibility index (Phi) is 4.46. The highest BCUT2D eigenvalue weighted by Gasteiger charge is 2.17. The number of rotatable bonds is 4. The lowest BCUT2D eigenvalue weighted by Gasteiger charge is -2.27. The minimum absolute atomic E-state index is 0.666.